The lowest BCUT2D eigenvalue weighted by molar-refractivity contribution is -0.176. The molecule has 1 heterocycles. The van der Waals surface area contributed by atoms with Crippen LogP contribution in [0.25, 0.3) is 0 Å². The lowest BCUT2D eigenvalue weighted by Crippen LogP contribution is -2.28. The lowest BCUT2D eigenvalue weighted by Gasteiger charge is -2.28. The molecule has 0 aliphatic carbocycles. The molecule has 1 rings (SSSR count). The minimum absolute atomic E-state index is 0.0691. The van der Waals surface area contributed by atoms with Gasteiger partial charge in [0, 0.05) is 6.61 Å². The third-order valence-electron chi connectivity index (χ3n) is 2.75. The predicted octanol–water partition coefficient (Wildman–Crippen LogP) is 2.97. The zero-order chi connectivity index (χ0) is 9.73. The summed E-state index contributed by atoms with van der Waals surface area (Å²) >= 11 is 0. The Hall–Kier alpha value is -0.0800. The SMILES string of the molecule is CCC(C)(C)COC1CCCCO1. The Morgan fingerprint density at radius 2 is 2.15 bits per heavy atom. The smallest absolute Gasteiger partial charge is 0.157 e. The molecule has 1 atom stereocenters. The molecule has 1 fully saturated rings. The van der Waals surface area contributed by atoms with Gasteiger partial charge < -0.3 is 9.47 Å². The van der Waals surface area contributed by atoms with Crippen molar-refractivity contribution in [3.63, 3.8) is 0 Å². The molecule has 0 aromatic rings. The van der Waals surface area contributed by atoms with E-state index >= 15 is 0 Å². The summed E-state index contributed by atoms with van der Waals surface area (Å²) in [7, 11) is 0. The highest BCUT2D eigenvalue weighted by Gasteiger charge is 2.20. The van der Waals surface area contributed by atoms with Gasteiger partial charge in [0.1, 0.15) is 0 Å². The van der Waals surface area contributed by atoms with Crippen molar-refractivity contribution in [1.29, 1.82) is 0 Å². The molecule has 2 nitrogen and oxygen atoms in total. The summed E-state index contributed by atoms with van der Waals surface area (Å²) in [6.45, 7) is 8.35. The first-order valence-electron chi connectivity index (χ1n) is 5.37. The van der Waals surface area contributed by atoms with E-state index in [1.807, 2.05) is 0 Å². The van der Waals surface area contributed by atoms with Gasteiger partial charge in [-0.25, -0.2) is 0 Å². The molecule has 0 spiro atoms. The molecule has 78 valence electrons. The fraction of sp³-hybridized carbons (Fsp3) is 1.00. The Balaban J connectivity index is 2.17. The molecule has 0 saturated carbocycles. The highest BCUT2D eigenvalue weighted by atomic mass is 16.7. The summed E-state index contributed by atoms with van der Waals surface area (Å²) in [6.07, 6.45) is 4.73. The van der Waals surface area contributed by atoms with Crippen LogP contribution in [0.4, 0.5) is 0 Å². The quantitative estimate of drug-likeness (QED) is 0.672. The highest BCUT2D eigenvalue weighted by Crippen LogP contribution is 2.22. The maximum atomic E-state index is 5.72. The highest BCUT2D eigenvalue weighted by molar-refractivity contribution is 4.65. The van der Waals surface area contributed by atoms with Gasteiger partial charge in [-0.2, -0.15) is 0 Å². The average Bonchev–Trinajstić information content (AvgIpc) is 2.17. The fourth-order valence-electron chi connectivity index (χ4n) is 1.26. The molecule has 1 aliphatic heterocycles. The van der Waals surface area contributed by atoms with Crippen LogP contribution < -0.4 is 0 Å². The van der Waals surface area contributed by atoms with Crippen molar-refractivity contribution in [3.05, 3.63) is 0 Å². The molecule has 0 aromatic heterocycles. The summed E-state index contributed by atoms with van der Waals surface area (Å²) in [5.74, 6) is 0. The zero-order valence-electron chi connectivity index (χ0n) is 9.14. The van der Waals surface area contributed by atoms with Crippen molar-refractivity contribution in [2.45, 2.75) is 52.7 Å². The van der Waals surface area contributed by atoms with Gasteiger partial charge in [-0.05, 0) is 31.1 Å². The van der Waals surface area contributed by atoms with E-state index in [2.05, 4.69) is 20.8 Å². The molecular formula is C11H22O2. The maximum absolute atomic E-state index is 5.72. The van der Waals surface area contributed by atoms with Gasteiger partial charge >= 0.3 is 0 Å². The lowest BCUT2D eigenvalue weighted by atomic mass is 9.92. The van der Waals surface area contributed by atoms with E-state index in [0.29, 0.717) is 5.41 Å². The average molecular weight is 186 g/mol. The summed E-state index contributed by atoms with van der Waals surface area (Å²) in [5, 5.41) is 0. The van der Waals surface area contributed by atoms with Crippen LogP contribution in [0.3, 0.4) is 0 Å². The van der Waals surface area contributed by atoms with Crippen molar-refractivity contribution in [2.75, 3.05) is 13.2 Å². The van der Waals surface area contributed by atoms with Crippen molar-refractivity contribution >= 4 is 0 Å². The third kappa shape index (κ3) is 4.10. The minimum Gasteiger partial charge on any atom is -0.353 e. The summed E-state index contributed by atoms with van der Waals surface area (Å²) < 4.78 is 11.2. The molecule has 0 radical (unpaired) electrons. The van der Waals surface area contributed by atoms with Crippen molar-refractivity contribution in [1.82, 2.24) is 0 Å². The maximum Gasteiger partial charge on any atom is 0.157 e. The number of hydrogen-bond acceptors (Lipinski definition) is 2. The first-order chi connectivity index (χ1) is 6.14. The van der Waals surface area contributed by atoms with Crippen LogP contribution in [-0.4, -0.2) is 19.5 Å². The van der Waals surface area contributed by atoms with Crippen LogP contribution in [0.5, 0.6) is 0 Å². The van der Waals surface area contributed by atoms with E-state index in [0.717, 1.165) is 26.1 Å². The summed E-state index contributed by atoms with van der Waals surface area (Å²) in [4.78, 5) is 0. The van der Waals surface area contributed by atoms with Gasteiger partial charge in [-0.1, -0.05) is 20.8 Å². The number of rotatable bonds is 4. The summed E-state index contributed by atoms with van der Waals surface area (Å²) in [6, 6.07) is 0. The topological polar surface area (TPSA) is 18.5 Å². The second-order valence-electron chi connectivity index (χ2n) is 4.62. The van der Waals surface area contributed by atoms with E-state index in [1.54, 1.807) is 0 Å². The largest absolute Gasteiger partial charge is 0.353 e. The van der Waals surface area contributed by atoms with Crippen LogP contribution in [0.1, 0.15) is 46.5 Å². The van der Waals surface area contributed by atoms with E-state index in [4.69, 9.17) is 9.47 Å². The van der Waals surface area contributed by atoms with E-state index in [9.17, 15) is 0 Å². The first kappa shape index (κ1) is 11.0. The second kappa shape index (κ2) is 4.97. The van der Waals surface area contributed by atoms with E-state index in [-0.39, 0.29) is 6.29 Å². The molecular weight excluding hydrogens is 164 g/mol. The van der Waals surface area contributed by atoms with Crippen LogP contribution in [0, 0.1) is 5.41 Å². The Morgan fingerprint density at radius 3 is 2.69 bits per heavy atom. The molecule has 13 heavy (non-hydrogen) atoms. The van der Waals surface area contributed by atoms with Crippen molar-refractivity contribution < 1.29 is 9.47 Å². The van der Waals surface area contributed by atoms with Gasteiger partial charge in [0.15, 0.2) is 6.29 Å². The van der Waals surface area contributed by atoms with Crippen LogP contribution in [0.2, 0.25) is 0 Å². The van der Waals surface area contributed by atoms with E-state index < -0.39 is 0 Å². The van der Waals surface area contributed by atoms with Gasteiger partial charge in [0.25, 0.3) is 0 Å². The second-order valence-corrected chi connectivity index (χ2v) is 4.62. The molecule has 1 saturated heterocycles. The monoisotopic (exact) mass is 186 g/mol. The molecule has 0 bridgehead atoms. The minimum atomic E-state index is 0.0691. The predicted molar refractivity (Wildman–Crippen MR) is 53.6 cm³/mol. The number of hydrogen-bond donors (Lipinski definition) is 0. The van der Waals surface area contributed by atoms with E-state index in [1.165, 1.54) is 12.8 Å². The molecule has 0 amide bonds. The van der Waals surface area contributed by atoms with Crippen LogP contribution in [0.15, 0.2) is 0 Å². The van der Waals surface area contributed by atoms with Gasteiger partial charge in [0.2, 0.25) is 0 Å². The molecule has 1 unspecified atom stereocenters. The Kier molecular flexibility index (Phi) is 4.20. The fourth-order valence-corrected chi connectivity index (χ4v) is 1.26. The normalized spacial score (nSPS) is 24.7. The number of ether oxygens (including phenoxy) is 2. The summed E-state index contributed by atoms with van der Waals surface area (Å²) in [5.41, 5.74) is 0.292. The molecule has 1 aliphatic rings. The Labute approximate surface area is 81.6 Å². The van der Waals surface area contributed by atoms with Gasteiger partial charge in [-0.3, -0.25) is 0 Å². The standard InChI is InChI=1S/C11H22O2/c1-4-11(2,3)9-13-10-7-5-6-8-12-10/h10H,4-9H2,1-3H3. The van der Waals surface area contributed by atoms with Gasteiger partial charge in [0.05, 0.1) is 6.61 Å². The molecule has 0 N–H and O–H groups in total. The molecule has 0 aromatic carbocycles. The van der Waals surface area contributed by atoms with Crippen molar-refractivity contribution in [3.8, 4) is 0 Å². The van der Waals surface area contributed by atoms with Gasteiger partial charge in [-0.15, -0.1) is 0 Å². The van der Waals surface area contributed by atoms with Crippen LogP contribution in [-0.2, 0) is 9.47 Å². The molecule has 2 heteroatoms. The zero-order valence-corrected chi connectivity index (χ0v) is 9.14. The third-order valence-corrected chi connectivity index (χ3v) is 2.75. The van der Waals surface area contributed by atoms with Crippen molar-refractivity contribution in [2.24, 2.45) is 5.41 Å². The van der Waals surface area contributed by atoms with Crippen LogP contribution >= 0.6 is 0 Å². The Morgan fingerprint density at radius 1 is 1.38 bits per heavy atom. The Bertz CT molecular complexity index is 137. The first-order valence-corrected chi connectivity index (χ1v) is 5.37.